The van der Waals surface area contributed by atoms with E-state index >= 15 is 0 Å². The van der Waals surface area contributed by atoms with Gasteiger partial charge in [0.15, 0.2) is 8.32 Å². The van der Waals surface area contributed by atoms with E-state index in [0.717, 1.165) is 25.0 Å². The Morgan fingerprint density at radius 2 is 1.55 bits per heavy atom. The molecule has 8 heteroatoms. The van der Waals surface area contributed by atoms with Gasteiger partial charge in [0.05, 0.1) is 6.04 Å². The van der Waals surface area contributed by atoms with Gasteiger partial charge in [0, 0.05) is 26.2 Å². The van der Waals surface area contributed by atoms with Crippen molar-refractivity contribution in [3.8, 4) is 0 Å². The zero-order valence-corrected chi connectivity index (χ0v) is 26.7. The van der Waals surface area contributed by atoms with Crippen molar-refractivity contribution >= 4 is 20.5 Å². The third-order valence-electron chi connectivity index (χ3n) is 8.71. The Morgan fingerprint density at radius 3 is 2.10 bits per heavy atom. The van der Waals surface area contributed by atoms with Crippen molar-refractivity contribution in [1.82, 2.24) is 9.80 Å². The van der Waals surface area contributed by atoms with Crippen LogP contribution in [0.3, 0.4) is 0 Å². The van der Waals surface area contributed by atoms with Crippen LogP contribution in [0.2, 0.25) is 16.6 Å². The van der Waals surface area contributed by atoms with Gasteiger partial charge in [0.1, 0.15) is 12.2 Å². The molecule has 0 aliphatic carbocycles. The second-order valence-electron chi connectivity index (χ2n) is 13.4. The van der Waals surface area contributed by atoms with Gasteiger partial charge in [0.2, 0.25) is 0 Å². The molecule has 0 aromatic heterocycles. The fraction of sp³-hybridized carbons (Fsp3) is 0.750. The molecule has 3 atom stereocenters. The first-order chi connectivity index (χ1) is 18.3. The van der Waals surface area contributed by atoms with Crippen LogP contribution in [0.4, 0.5) is 9.59 Å². The number of piperidine rings is 1. The van der Waals surface area contributed by atoms with Crippen LogP contribution in [0.15, 0.2) is 30.3 Å². The summed E-state index contributed by atoms with van der Waals surface area (Å²) < 4.78 is 18.3. The summed E-state index contributed by atoms with van der Waals surface area (Å²) in [5.74, 6) is 0.635. The standard InChI is InChI=1S/C31H52N2O5Si.CH4/c1-22(2)39(23(3)4,24(5)6)37-18-16-26-19-33(30(35)38-31(7,8)9)28-20-32(17-15-27(26)28)29(34)36-21-25-13-11-10-12-14-25;/h10-14,22-24,26-28H,15-21H2,1-9H3;1H4. The molecule has 3 unspecified atom stereocenters. The van der Waals surface area contributed by atoms with Gasteiger partial charge >= 0.3 is 12.2 Å². The van der Waals surface area contributed by atoms with Gasteiger partial charge in [-0.3, -0.25) is 0 Å². The lowest BCUT2D eigenvalue weighted by molar-refractivity contribution is 0.0107. The van der Waals surface area contributed by atoms with Crippen molar-refractivity contribution in [1.29, 1.82) is 0 Å². The van der Waals surface area contributed by atoms with Gasteiger partial charge in [-0.1, -0.05) is 79.3 Å². The van der Waals surface area contributed by atoms with Crippen molar-refractivity contribution < 1.29 is 23.5 Å². The lowest BCUT2D eigenvalue weighted by Crippen LogP contribution is -2.52. The lowest BCUT2D eigenvalue weighted by Gasteiger charge is -2.42. The molecule has 0 bridgehead atoms. The Balaban J connectivity index is 0.00000560. The summed E-state index contributed by atoms with van der Waals surface area (Å²) in [7, 11) is -1.95. The molecule has 1 aromatic rings. The molecule has 7 nitrogen and oxygen atoms in total. The summed E-state index contributed by atoms with van der Waals surface area (Å²) in [6.07, 6.45) is 1.14. The van der Waals surface area contributed by atoms with Gasteiger partial charge in [0.25, 0.3) is 0 Å². The molecule has 2 aliphatic heterocycles. The number of carbonyl (C=O) groups excluding carboxylic acids is 2. The molecule has 0 saturated carbocycles. The quantitative estimate of drug-likeness (QED) is 0.278. The Labute approximate surface area is 245 Å². The van der Waals surface area contributed by atoms with Crippen LogP contribution < -0.4 is 0 Å². The lowest BCUT2D eigenvalue weighted by atomic mass is 9.83. The number of ether oxygens (including phenoxy) is 2. The van der Waals surface area contributed by atoms with Crippen molar-refractivity contribution in [3.63, 3.8) is 0 Å². The Bertz CT molecular complexity index is 925. The molecule has 2 amide bonds. The fourth-order valence-corrected chi connectivity index (χ4v) is 12.5. The molecule has 40 heavy (non-hydrogen) atoms. The predicted octanol–water partition coefficient (Wildman–Crippen LogP) is 8.10. The van der Waals surface area contributed by atoms with Crippen LogP contribution in [0.5, 0.6) is 0 Å². The fourth-order valence-electron chi connectivity index (χ4n) is 7.05. The average Bonchev–Trinajstić information content (AvgIpc) is 3.22. The minimum absolute atomic E-state index is 0. The van der Waals surface area contributed by atoms with Crippen LogP contribution >= 0.6 is 0 Å². The maximum atomic E-state index is 13.3. The van der Waals surface area contributed by atoms with Crippen LogP contribution in [-0.4, -0.2) is 68.2 Å². The van der Waals surface area contributed by atoms with E-state index < -0.39 is 13.9 Å². The number of nitrogens with zero attached hydrogens (tertiary/aromatic N) is 2. The molecular formula is C32H56N2O5Si. The highest BCUT2D eigenvalue weighted by Crippen LogP contribution is 2.44. The third-order valence-corrected chi connectivity index (χ3v) is 14.8. The van der Waals surface area contributed by atoms with Crippen molar-refractivity contribution in [3.05, 3.63) is 35.9 Å². The number of benzene rings is 1. The first kappa shape index (κ1) is 34.1. The van der Waals surface area contributed by atoms with Gasteiger partial charge in [-0.05, 0) is 67.6 Å². The summed E-state index contributed by atoms with van der Waals surface area (Å²) in [4.78, 5) is 29.9. The number of hydrogen-bond donors (Lipinski definition) is 0. The van der Waals surface area contributed by atoms with E-state index in [1.165, 1.54) is 0 Å². The number of carbonyl (C=O) groups is 2. The average molecular weight is 577 g/mol. The molecule has 2 fully saturated rings. The summed E-state index contributed by atoms with van der Waals surface area (Å²) in [6.45, 7) is 22.3. The van der Waals surface area contributed by atoms with E-state index in [9.17, 15) is 9.59 Å². The molecule has 2 saturated heterocycles. The Hall–Kier alpha value is -2.06. The highest BCUT2D eigenvalue weighted by atomic mass is 28.4. The second-order valence-corrected chi connectivity index (χ2v) is 18.8. The third kappa shape index (κ3) is 8.02. The zero-order chi connectivity index (χ0) is 29.0. The molecule has 228 valence electrons. The Kier molecular flexibility index (Phi) is 12.1. The predicted molar refractivity (Wildman–Crippen MR) is 165 cm³/mol. The topological polar surface area (TPSA) is 68.3 Å². The SMILES string of the molecule is C.CC(C)[Si](OCCC1CN(C(=O)OC(C)(C)C)C2CN(C(=O)OCc3ccccc3)CCC12)(C(C)C)C(C)C. The highest BCUT2D eigenvalue weighted by molar-refractivity contribution is 6.77. The Morgan fingerprint density at radius 1 is 0.950 bits per heavy atom. The van der Waals surface area contributed by atoms with Crippen LogP contribution in [-0.2, 0) is 20.5 Å². The van der Waals surface area contributed by atoms with Crippen LogP contribution in [0, 0.1) is 11.8 Å². The molecule has 0 spiro atoms. The van der Waals surface area contributed by atoms with E-state index in [1.54, 1.807) is 4.90 Å². The highest BCUT2D eigenvalue weighted by Gasteiger charge is 2.49. The summed E-state index contributed by atoms with van der Waals surface area (Å²) in [5, 5.41) is 0. The van der Waals surface area contributed by atoms with Gasteiger partial charge in [-0.2, -0.15) is 0 Å². The second kappa shape index (κ2) is 14.2. The summed E-state index contributed by atoms with van der Waals surface area (Å²) in [6, 6.07) is 9.63. The summed E-state index contributed by atoms with van der Waals surface area (Å²) in [5.41, 5.74) is 2.00. The molecule has 2 heterocycles. The van der Waals surface area contributed by atoms with E-state index in [2.05, 4.69) is 41.5 Å². The smallest absolute Gasteiger partial charge is 0.410 e. The molecule has 2 aliphatic rings. The summed E-state index contributed by atoms with van der Waals surface area (Å²) >= 11 is 0. The molecule has 0 radical (unpaired) electrons. The number of rotatable bonds is 9. The molecule has 1 aromatic carbocycles. The number of hydrogen-bond acceptors (Lipinski definition) is 5. The van der Waals surface area contributed by atoms with Gasteiger partial charge in [-0.15, -0.1) is 0 Å². The first-order valence-electron chi connectivity index (χ1n) is 14.9. The van der Waals surface area contributed by atoms with Crippen molar-refractivity contribution in [2.75, 3.05) is 26.2 Å². The van der Waals surface area contributed by atoms with E-state index in [1.807, 2.05) is 56.0 Å². The largest absolute Gasteiger partial charge is 0.445 e. The van der Waals surface area contributed by atoms with Gasteiger partial charge < -0.3 is 23.7 Å². The van der Waals surface area contributed by atoms with E-state index in [-0.39, 0.29) is 32.3 Å². The molecule has 0 N–H and O–H groups in total. The van der Waals surface area contributed by atoms with Crippen molar-refractivity contribution in [2.24, 2.45) is 11.8 Å². The first-order valence-corrected chi connectivity index (χ1v) is 17.0. The van der Waals surface area contributed by atoms with Gasteiger partial charge in [-0.25, -0.2) is 9.59 Å². The number of fused-ring (bicyclic) bond motifs is 1. The molecular weight excluding hydrogens is 520 g/mol. The van der Waals surface area contributed by atoms with Crippen molar-refractivity contribution in [2.45, 2.75) is 117 Å². The maximum Gasteiger partial charge on any atom is 0.410 e. The minimum atomic E-state index is -1.95. The van der Waals surface area contributed by atoms with E-state index in [4.69, 9.17) is 13.9 Å². The van der Waals surface area contributed by atoms with Crippen LogP contribution in [0.1, 0.15) is 88.1 Å². The number of likely N-dealkylation sites (tertiary alicyclic amines) is 2. The monoisotopic (exact) mass is 576 g/mol. The molecule has 3 rings (SSSR count). The zero-order valence-electron chi connectivity index (χ0n) is 25.7. The minimum Gasteiger partial charge on any atom is -0.445 e. The number of amides is 2. The van der Waals surface area contributed by atoms with Crippen LogP contribution in [0.25, 0.3) is 0 Å². The van der Waals surface area contributed by atoms with E-state index in [0.29, 0.717) is 48.1 Å². The maximum absolute atomic E-state index is 13.3. The normalized spacial score (nSPS) is 21.4.